The average Bonchev–Trinajstić information content (AvgIpc) is 3.57. The first-order valence-electron chi connectivity index (χ1n) is 14.0. The lowest BCUT2D eigenvalue weighted by Crippen LogP contribution is -2.51. The van der Waals surface area contributed by atoms with Gasteiger partial charge in [-0.05, 0) is 71.8 Å². The van der Waals surface area contributed by atoms with Crippen molar-refractivity contribution in [2.75, 3.05) is 23.8 Å². The quantitative estimate of drug-likeness (QED) is 0.259. The van der Waals surface area contributed by atoms with Crippen LogP contribution in [0.25, 0.3) is 20.8 Å². The lowest BCUT2D eigenvalue weighted by atomic mass is 9.87. The molecule has 3 aromatic heterocycles. The van der Waals surface area contributed by atoms with Gasteiger partial charge in [-0.15, -0.1) is 11.3 Å². The van der Waals surface area contributed by atoms with Gasteiger partial charge in [-0.25, -0.2) is 9.97 Å². The SMILES string of the molecule is Cc1nc(NCC2CCCCO2)nc(NC2(O)CCC(C(C)(C)O)C2O)c1-c1nc2c(C3CC3)nccc2s1. The van der Waals surface area contributed by atoms with Gasteiger partial charge >= 0.3 is 0 Å². The summed E-state index contributed by atoms with van der Waals surface area (Å²) in [5.41, 5.74) is 0.526. The number of aromatic nitrogens is 4. The molecule has 0 aromatic carbocycles. The van der Waals surface area contributed by atoms with Crippen LogP contribution in [0.3, 0.4) is 0 Å². The Labute approximate surface area is 232 Å². The number of aryl methyl sites for hydroxylation is 1. The van der Waals surface area contributed by atoms with Crippen molar-refractivity contribution in [2.24, 2.45) is 5.92 Å². The smallest absolute Gasteiger partial charge is 0.224 e. The molecule has 10 nitrogen and oxygen atoms in total. The van der Waals surface area contributed by atoms with E-state index in [9.17, 15) is 15.3 Å². The first-order valence-corrected chi connectivity index (χ1v) is 14.8. The van der Waals surface area contributed by atoms with Crippen LogP contribution in [0, 0.1) is 12.8 Å². The molecular weight excluding hydrogens is 516 g/mol. The van der Waals surface area contributed by atoms with Crippen LogP contribution in [0.2, 0.25) is 0 Å². The van der Waals surface area contributed by atoms with E-state index in [4.69, 9.17) is 19.7 Å². The average molecular weight is 555 g/mol. The van der Waals surface area contributed by atoms with Crippen molar-refractivity contribution in [3.8, 4) is 10.6 Å². The number of thiazole rings is 1. The molecule has 0 amide bonds. The fraction of sp³-hybridized carbons (Fsp3) is 0.643. The Hall–Kier alpha value is -2.44. The minimum atomic E-state index is -1.67. The Morgan fingerprint density at radius 3 is 2.67 bits per heavy atom. The number of hydrogen-bond acceptors (Lipinski definition) is 11. The molecule has 210 valence electrons. The summed E-state index contributed by atoms with van der Waals surface area (Å²) >= 11 is 1.55. The van der Waals surface area contributed by atoms with Crippen LogP contribution in [-0.4, -0.2) is 71.9 Å². The maximum Gasteiger partial charge on any atom is 0.224 e. The highest BCUT2D eigenvalue weighted by Gasteiger charge is 2.52. The molecule has 4 heterocycles. The molecule has 6 rings (SSSR count). The van der Waals surface area contributed by atoms with Gasteiger partial charge in [0, 0.05) is 31.2 Å². The highest BCUT2D eigenvalue weighted by molar-refractivity contribution is 7.21. The van der Waals surface area contributed by atoms with E-state index in [1.165, 1.54) is 0 Å². The van der Waals surface area contributed by atoms with E-state index in [0.29, 0.717) is 41.9 Å². The van der Waals surface area contributed by atoms with E-state index in [0.717, 1.165) is 59.6 Å². The van der Waals surface area contributed by atoms with E-state index >= 15 is 0 Å². The summed E-state index contributed by atoms with van der Waals surface area (Å²) in [5, 5.41) is 40.5. The molecule has 0 spiro atoms. The lowest BCUT2D eigenvalue weighted by molar-refractivity contribution is -0.0926. The van der Waals surface area contributed by atoms with Gasteiger partial charge in [-0.1, -0.05) is 0 Å². The molecule has 0 bridgehead atoms. The molecule has 2 aliphatic carbocycles. The van der Waals surface area contributed by atoms with Crippen molar-refractivity contribution >= 4 is 33.3 Å². The van der Waals surface area contributed by atoms with Crippen LogP contribution >= 0.6 is 11.3 Å². The predicted octanol–water partition coefficient (Wildman–Crippen LogP) is 3.96. The molecule has 5 N–H and O–H groups in total. The zero-order chi connectivity index (χ0) is 27.4. The number of anilines is 2. The predicted molar refractivity (Wildman–Crippen MR) is 151 cm³/mol. The second-order valence-corrected chi connectivity index (χ2v) is 12.9. The van der Waals surface area contributed by atoms with Crippen molar-refractivity contribution in [3.05, 3.63) is 23.7 Å². The summed E-state index contributed by atoms with van der Waals surface area (Å²) in [4.78, 5) is 19.2. The van der Waals surface area contributed by atoms with Gasteiger partial charge in [0.1, 0.15) is 22.4 Å². The fourth-order valence-electron chi connectivity index (χ4n) is 5.90. The first kappa shape index (κ1) is 26.8. The van der Waals surface area contributed by atoms with Crippen LogP contribution in [0.5, 0.6) is 0 Å². The molecule has 3 fully saturated rings. The Balaban J connectivity index is 1.37. The summed E-state index contributed by atoms with van der Waals surface area (Å²) in [6.07, 6.45) is 6.96. The van der Waals surface area contributed by atoms with Crippen LogP contribution in [-0.2, 0) is 4.74 Å². The van der Waals surface area contributed by atoms with Crippen LogP contribution in [0.1, 0.15) is 76.1 Å². The van der Waals surface area contributed by atoms with Crippen molar-refractivity contribution in [2.45, 2.75) is 95.2 Å². The Bertz CT molecular complexity index is 1350. The normalized spacial score (nSPS) is 27.7. The standard InChI is InChI=1S/C28H38N6O4S/c1-15-20(25-32-22-19(39-25)10-12-29-21(22)16-7-8-16)24(33-26(31-15)30-14-17-6-4-5-13-38-17)34-28(37)11-9-18(23(28)35)27(2,3)36/h10,12,16-18,23,35-37H,4-9,11,13-14H2,1-3H3,(H2,30,31,33,34). The highest BCUT2D eigenvalue weighted by Crippen LogP contribution is 2.46. The third-order valence-electron chi connectivity index (χ3n) is 8.31. The Morgan fingerprint density at radius 2 is 1.97 bits per heavy atom. The summed E-state index contributed by atoms with van der Waals surface area (Å²) < 4.78 is 6.91. The van der Waals surface area contributed by atoms with Crippen molar-refractivity contribution in [1.82, 2.24) is 19.9 Å². The lowest BCUT2D eigenvalue weighted by Gasteiger charge is -2.34. The van der Waals surface area contributed by atoms with Gasteiger partial charge in [0.25, 0.3) is 0 Å². The van der Waals surface area contributed by atoms with Gasteiger partial charge in [0.05, 0.1) is 33.4 Å². The zero-order valence-corrected chi connectivity index (χ0v) is 23.6. The molecule has 3 aliphatic rings. The van der Waals surface area contributed by atoms with Crippen LogP contribution in [0.15, 0.2) is 12.3 Å². The Kier molecular flexibility index (Phi) is 6.99. The molecular formula is C28H38N6O4S. The molecule has 11 heteroatoms. The zero-order valence-electron chi connectivity index (χ0n) is 22.8. The van der Waals surface area contributed by atoms with Crippen molar-refractivity contribution in [1.29, 1.82) is 0 Å². The highest BCUT2D eigenvalue weighted by atomic mass is 32.1. The van der Waals surface area contributed by atoms with E-state index in [2.05, 4.69) is 15.6 Å². The minimum Gasteiger partial charge on any atom is -0.390 e. The summed E-state index contributed by atoms with van der Waals surface area (Å²) in [7, 11) is 0. The molecule has 39 heavy (non-hydrogen) atoms. The van der Waals surface area contributed by atoms with Crippen molar-refractivity contribution in [3.63, 3.8) is 0 Å². The summed E-state index contributed by atoms with van der Waals surface area (Å²) in [5.74, 6) is 0.786. The molecule has 4 unspecified atom stereocenters. The number of hydrogen-bond donors (Lipinski definition) is 5. The first-order chi connectivity index (χ1) is 18.6. The summed E-state index contributed by atoms with van der Waals surface area (Å²) in [6.45, 7) is 6.58. The van der Waals surface area contributed by atoms with Crippen LogP contribution in [0.4, 0.5) is 11.8 Å². The topological polar surface area (TPSA) is 146 Å². The van der Waals surface area contributed by atoms with Gasteiger partial charge < -0.3 is 30.7 Å². The number of nitrogens with zero attached hydrogens (tertiary/aromatic N) is 4. The number of rotatable bonds is 8. The number of aliphatic hydroxyl groups excluding tert-OH is 1. The van der Waals surface area contributed by atoms with E-state index in [-0.39, 0.29) is 12.5 Å². The number of nitrogens with one attached hydrogen (secondary N) is 2. The maximum absolute atomic E-state index is 11.6. The number of fused-ring (bicyclic) bond motifs is 1. The minimum absolute atomic E-state index is 0.102. The van der Waals surface area contributed by atoms with Gasteiger partial charge in [0.2, 0.25) is 5.95 Å². The third kappa shape index (κ3) is 5.35. The molecule has 1 saturated heterocycles. The van der Waals surface area contributed by atoms with E-state index < -0.39 is 23.3 Å². The number of ether oxygens (including phenoxy) is 1. The number of pyridine rings is 1. The monoisotopic (exact) mass is 554 g/mol. The van der Waals surface area contributed by atoms with E-state index in [1.807, 2.05) is 19.2 Å². The third-order valence-corrected chi connectivity index (χ3v) is 9.35. The van der Waals surface area contributed by atoms with Gasteiger partial charge in [-0.3, -0.25) is 4.98 Å². The Morgan fingerprint density at radius 1 is 1.15 bits per heavy atom. The molecule has 4 atom stereocenters. The molecule has 0 radical (unpaired) electrons. The summed E-state index contributed by atoms with van der Waals surface area (Å²) in [6, 6.07) is 1.98. The van der Waals surface area contributed by atoms with E-state index in [1.54, 1.807) is 25.2 Å². The maximum atomic E-state index is 11.6. The van der Waals surface area contributed by atoms with Crippen molar-refractivity contribution < 1.29 is 20.1 Å². The molecule has 1 aliphatic heterocycles. The second kappa shape index (κ2) is 10.2. The van der Waals surface area contributed by atoms with Gasteiger partial charge in [-0.2, -0.15) is 4.98 Å². The van der Waals surface area contributed by atoms with Gasteiger partial charge in [0.15, 0.2) is 5.72 Å². The molecule has 2 saturated carbocycles. The second-order valence-electron chi connectivity index (χ2n) is 11.9. The van der Waals surface area contributed by atoms with Crippen LogP contribution < -0.4 is 10.6 Å². The number of aliphatic hydroxyl groups is 3. The largest absolute Gasteiger partial charge is 0.390 e. The molecule has 3 aromatic rings. The fourth-order valence-corrected chi connectivity index (χ4v) is 6.97.